The fourth-order valence-electron chi connectivity index (χ4n) is 2.77. The monoisotopic (exact) mass is 368 g/mol. The van der Waals surface area contributed by atoms with Crippen molar-refractivity contribution in [3.05, 3.63) is 76.4 Å². The van der Waals surface area contributed by atoms with Crippen LogP contribution in [-0.2, 0) is 11.3 Å². The molecule has 130 valence electrons. The zero-order valence-corrected chi connectivity index (χ0v) is 14.3. The van der Waals surface area contributed by atoms with Crippen LogP contribution in [0.4, 0.5) is 4.39 Å². The molecule has 2 aromatic carbocycles. The molecule has 0 aliphatic carbocycles. The summed E-state index contributed by atoms with van der Waals surface area (Å²) in [6, 6.07) is 14.9. The van der Waals surface area contributed by atoms with Crippen LogP contribution >= 0.6 is 11.3 Å². The van der Waals surface area contributed by atoms with Crippen LogP contribution in [0.15, 0.2) is 54.6 Å². The maximum atomic E-state index is 13.6. The Kier molecular flexibility index (Phi) is 4.26. The molecule has 0 radical (unpaired) electrons. The first-order chi connectivity index (χ1) is 12.6. The number of carbonyl (C=O) groups is 2. The molecule has 0 bridgehead atoms. The number of benzene rings is 2. The number of fused-ring (bicyclic) bond motifs is 3. The van der Waals surface area contributed by atoms with Gasteiger partial charge in [-0.1, -0.05) is 24.3 Å². The number of carbonyl (C=O) groups excluding carboxylic acids is 2. The number of ether oxygens (including phenoxy) is 2. The third-order valence-corrected chi connectivity index (χ3v) is 5.22. The fourth-order valence-corrected chi connectivity index (χ4v) is 3.86. The van der Waals surface area contributed by atoms with Crippen molar-refractivity contribution in [1.82, 2.24) is 0 Å². The Morgan fingerprint density at radius 2 is 1.88 bits per heavy atom. The van der Waals surface area contributed by atoms with Gasteiger partial charge in [0.05, 0.1) is 5.56 Å². The van der Waals surface area contributed by atoms with Gasteiger partial charge in [-0.25, -0.2) is 9.18 Å². The van der Waals surface area contributed by atoms with E-state index in [0.29, 0.717) is 11.5 Å². The Balaban J connectivity index is 1.50. The average molecular weight is 368 g/mol. The van der Waals surface area contributed by atoms with E-state index in [0.717, 1.165) is 21.8 Å². The van der Waals surface area contributed by atoms with E-state index in [1.165, 1.54) is 29.5 Å². The van der Waals surface area contributed by atoms with E-state index in [1.54, 1.807) is 12.1 Å². The van der Waals surface area contributed by atoms with Crippen LogP contribution < -0.4 is 4.74 Å². The molecule has 1 aromatic heterocycles. The average Bonchev–Trinajstić information content (AvgIpc) is 3.11. The normalized spacial score (nSPS) is 11.9. The zero-order chi connectivity index (χ0) is 18.1. The number of ketones is 1. The topological polar surface area (TPSA) is 52.6 Å². The van der Waals surface area contributed by atoms with Gasteiger partial charge in [-0.2, -0.15) is 0 Å². The van der Waals surface area contributed by atoms with Gasteiger partial charge in [0.1, 0.15) is 23.1 Å². The lowest BCUT2D eigenvalue weighted by Crippen LogP contribution is -2.14. The molecule has 26 heavy (non-hydrogen) atoms. The molecular formula is C20H13FO4S. The second-order valence-corrected chi connectivity index (χ2v) is 6.78. The minimum atomic E-state index is -0.631. The SMILES string of the molecule is O=C(OCC(=O)c1ccccc1F)c1cc2c(s1)-c1ccccc1OC2. The number of hydrogen-bond acceptors (Lipinski definition) is 5. The smallest absolute Gasteiger partial charge is 0.348 e. The molecule has 3 aromatic rings. The Labute approximate surface area is 152 Å². The summed E-state index contributed by atoms with van der Waals surface area (Å²) in [6.45, 7) is -0.125. The van der Waals surface area contributed by atoms with E-state index in [1.807, 2.05) is 24.3 Å². The predicted molar refractivity (Wildman–Crippen MR) is 95.1 cm³/mol. The summed E-state index contributed by atoms with van der Waals surface area (Å²) in [4.78, 5) is 25.7. The number of Topliss-reactive ketones (excluding diaryl/α,β-unsaturated/α-hetero) is 1. The van der Waals surface area contributed by atoms with Crippen LogP contribution in [0, 0.1) is 5.82 Å². The van der Waals surface area contributed by atoms with Crippen molar-refractivity contribution in [2.75, 3.05) is 6.61 Å². The summed E-state index contributed by atoms with van der Waals surface area (Å²) in [6.07, 6.45) is 0. The fraction of sp³-hybridized carbons (Fsp3) is 0.100. The van der Waals surface area contributed by atoms with Gasteiger partial charge in [0.2, 0.25) is 5.78 Å². The first-order valence-corrected chi connectivity index (χ1v) is 8.75. The van der Waals surface area contributed by atoms with Crippen molar-refractivity contribution in [2.24, 2.45) is 0 Å². The second-order valence-electron chi connectivity index (χ2n) is 5.73. The lowest BCUT2D eigenvalue weighted by Gasteiger charge is -2.16. The van der Waals surface area contributed by atoms with Crippen molar-refractivity contribution >= 4 is 23.1 Å². The van der Waals surface area contributed by atoms with Gasteiger partial charge in [0, 0.05) is 16.0 Å². The van der Waals surface area contributed by atoms with Crippen molar-refractivity contribution in [3.8, 4) is 16.2 Å². The lowest BCUT2D eigenvalue weighted by molar-refractivity contribution is 0.0478. The lowest BCUT2D eigenvalue weighted by atomic mass is 10.1. The molecule has 0 spiro atoms. The molecule has 0 amide bonds. The Bertz CT molecular complexity index is 1010. The van der Waals surface area contributed by atoms with Gasteiger partial charge in [-0.05, 0) is 30.3 Å². The first-order valence-electron chi connectivity index (χ1n) is 7.93. The molecule has 0 atom stereocenters. The standard InChI is InChI=1S/C20H13FO4S/c21-15-7-3-1-5-13(15)16(22)11-25-20(23)18-9-12-10-24-17-8-4-2-6-14(17)19(12)26-18/h1-9H,10-11H2. The zero-order valence-electron chi connectivity index (χ0n) is 13.5. The number of hydrogen-bond donors (Lipinski definition) is 0. The van der Waals surface area contributed by atoms with E-state index in [4.69, 9.17) is 9.47 Å². The van der Waals surface area contributed by atoms with Crippen molar-refractivity contribution in [1.29, 1.82) is 0 Å². The molecule has 2 heterocycles. The summed E-state index contributed by atoms with van der Waals surface area (Å²) in [7, 11) is 0. The van der Waals surface area contributed by atoms with E-state index in [-0.39, 0.29) is 5.56 Å². The van der Waals surface area contributed by atoms with Crippen molar-refractivity contribution < 1.29 is 23.5 Å². The van der Waals surface area contributed by atoms with Crippen LogP contribution in [-0.4, -0.2) is 18.4 Å². The molecule has 0 fully saturated rings. The quantitative estimate of drug-likeness (QED) is 0.503. The summed E-state index contributed by atoms with van der Waals surface area (Å²) < 4.78 is 24.4. The molecule has 0 N–H and O–H groups in total. The number of rotatable bonds is 4. The number of esters is 1. The summed E-state index contributed by atoms with van der Waals surface area (Å²) in [5.74, 6) is -1.04. The Hall–Kier alpha value is -2.99. The number of halogens is 1. The van der Waals surface area contributed by atoms with E-state index < -0.39 is 24.2 Å². The summed E-state index contributed by atoms with van der Waals surface area (Å²) >= 11 is 1.30. The van der Waals surface area contributed by atoms with Crippen molar-refractivity contribution in [3.63, 3.8) is 0 Å². The third kappa shape index (κ3) is 2.99. The molecular weight excluding hydrogens is 355 g/mol. The van der Waals surface area contributed by atoms with Gasteiger partial charge in [0.15, 0.2) is 6.61 Å². The summed E-state index contributed by atoms with van der Waals surface area (Å²) in [5, 5.41) is 0. The van der Waals surface area contributed by atoms with E-state index in [9.17, 15) is 14.0 Å². The first kappa shape index (κ1) is 16.5. The minimum Gasteiger partial charge on any atom is -0.488 e. The molecule has 1 aliphatic heterocycles. The highest BCUT2D eigenvalue weighted by Crippen LogP contribution is 2.42. The Morgan fingerprint density at radius 3 is 2.73 bits per heavy atom. The molecule has 1 aliphatic rings. The highest BCUT2D eigenvalue weighted by molar-refractivity contribution is 7.17. The molecule has 6 heteroatoms. The van der Waals surface area contributed by atoms with Crippen molar-refractivity contribution in [2.45, 2.75) is 6.61 Å². The molecule has 0 saturated heterocycles. The highest BCUT2D eigenvalue weighted by atomic mass is 32.1. The van der Waals surface area contributed by atoms with Crippen LogP contribution in [0.25, 0.3) is 10.4 Å². The van der Waals surface area contributed by atoms with Crippen LogP contribution in [0.3, 0.4) is 0 Å². The molecule has 4 rings (SSSR count). The molecule has 0 saturated carbocycles. The number of para-hydroxylation sites is 1. The minimum absolute atomic E-state index is 0.0897. The molecule has 0 unspecified atom stereocenters. The summed E-state index contributed by atoms with van der Waals surface area (Å²) in [5.41, 5.74) is 1.74. The third-order valence-electron chi connectivity index (χ3n) is 4.03. The van der Waals surface area contributed by atoms with Crippen LogP contribution in [0.2, 0.25) is 0 Å². The maximum Gasteiger partial charge on any atom is 0.348 e. The van der Waals surface area contributed by atoms with Gasteiger partial charge in [-0.15, -0.1) is 11.3 Å². The molecule has 4 nitrogen and oxygen atoms in total. The maximum absolute atomic E-state index is 13.6. The van der Waals surface area contributed by atoms with E-state index in [2.05, 4.69) is 0 Å². The largest absolute Gasteiger partial charge is 0.488 e. The second kappa shape index (κ2) is 6.72. The predicted octanol–water partition coefficient (Wildman–Crippen LogP) is 4.49. The number of thiophene rings is 1. The van der Waals surface area contributed by atoms with Gasteiger partial charge >= 0.3 is 5.97 Å². The Morgan fingerprint density at radius 1 is 1.12 bits per heavy atom. The van der Waals surface area contributed by atoms with Gasteiger partial charge in [0.25, 0.3) is 0 Å². The van der Waals surface area contributed by atoms with Crippen LogP contribution in [0.1, 0.15) is 25.6 Å². The van der Waals surface area contributed by atoms with Crippen LogP contribution in [0.5, 0.6) is 5.75 Å². The van der Waals surface area contributed by atoms with Gasteiger partial charge in [-0.3, -0.25) is 4.79 Å². The van der Waals surface area contributed by atoms with Gasteiger partial charge < -0.3 is 9.47 Å². The van der Waals surface area contributed by atoms with E-state index >= 15 is 0 Å². The highest BCUT2D eigenvalue weighted by Gasteiger charge is 2.23.